The topological polar surface area (TPSA) is 71.2 Å². The van der Waals surface area contributed by atoms with Gasteiger partial charge in [-0.3, -0.25) is 9.59 Å². The predicted octanol–water partition coefficient (Wildman–Crippen LogP) is 4.23. The number of aromatic amines is 1. The van der Waals surface area contributed by atoms with E-state index in [-0.39, 0.29) is 0 Å². The first-order chi connectivity index (χ1) is 14.2. The number of amides is 1. The molecule has 2 N–H and O–H groups in total. The average molecular weight is 416 g/mol. The fraction of sp³-hybridized carbons (Fsp3) is 0.182. The van der Waals surface area contributed by atoms with Gasteiger partial charge in [-0.2, -0.15) is 13.2 Å². The first-order valence-corrected chi connectivity index (χ1v) is 9.01. The Morgan fingerprint density at radius 2 is 1.73 bits per heavy atom. The van der Waals surface area contributed by atoms with Crippen LogP contribution in [0.4, 0.5) is 13.2 Å². The van der Waals surface area contributed by atoms with Gasteiger partial charge < -0.3 is 15.0 Å². The number of aryl methyl sites for hydroxylation is 1. The quantitative estimate of drug-likeness (QED) is 0.654. The minimum atomic E-state index is -4.71. The van der Waals surface area contributed by atoms with E-state index in [1.54, 1.807) is 29.2 Å². The van der Waals surface area contributed by atoms with Crippen molar-refractivity contribution in [2.24, 2.45) is 0 Å². The summed E-state index contributed by atoms with van der Waals surface area (Å²) in [5.74, 6) is -0.218. The molecular formula is C22H19F3N2O3. The molecular weight excluding hydrogens is 397 g/mol. The second kappa shape index (κ2) is 8.44. The molecule has 1 amide bonds. The molecule has 156 valence electrons. The van der Waals surface area contributed by atoms with Gasteiger partial charge in [0.15, 0.2) is 0 Å². The van der Waals surface area contributed by atoms with Crippen LogP contribution in [0.2, 0.25) is 0 Å². The van der Waals surface area contributed by atoms with Crippen LogP contribution in [0.1, 0.15) is 38.8 Å². The van der Waals surface area contributed by atoms with Crippen LogP contribution in [0.3, 0.4) is 0 Å². The summed E-state index contributed by atoms with van der Waals surface area (Å²) in [5.41, 5.74) is -0.292. The van der Waals surface area contributed by atoms with Crippen molar-refractivity contribution in [3.05, 3.63) is 99.0 Å². The largest absolute Gasteiger partial charge is 0.497 e. The summed E-state index contributed by atoms with van der Waals surface area (Å²) in [6.45, 7) is 1.92. The third-order valence-electron chi connectivity index (χ3n) is 4.57. The lowest BCUT2D eigenvalue weighted by atomic mass is 9.97. The molecule has 30 heavy (non-hydrogen) atoms. The van der Waals surface area contributed by atoms with Crippen molar-refractivity contribution in [2.75, 3.05) is 7.11 Å². The number of benzene rings is 2. The molecule has 0 aliphatic heterocycles. The first kappa shape index (κ1) is 21.2. The molecule has 0 spiro atoms. The van der Waals surface area contributed by atoms with Gasteiger partial charge in [0.2, 0.25) is 0 Å². The Kier molecular flexibility index (Phi) is 5.96. The number of aromatic nitrogens is 1. The molecule has 1 atom stereocenters. The number of hydrogen-bond donors (Lipinski definition) is 2. The van der Waals surface area contributed by atoms with Crippen LogP contribution in [0.15, 0.2) is 65.5 Å². The summed E-state index contributed by atoms with van der Waals surface area (Å²) in [6, 6.07) is 15.3. The van der Waals surface area contributed by atoms with Crippen molar-refractivity contribution in [2.45, 2.75) is 19.1 Å². The Balaban J connectivity index is 1.98. The summed E-state index contributed by atoms with van der Waals surface area (Å²) in [6.07, 6.45) is -4.71. The highest BCUT2D eigenvalue weighted by molar-refractivity contribution is 5.94. The number of carbonyl (C=O) groups is 1. The van der Waals surface area contributed by atoms with E-state index in [2.05, 4.69) is 5.32 Å². The van der Waals surface area contributed by atoms with Crippen LogP contribution < -0.4 is 15.6 Å². The van der Waals surface area contributed by atoms with Crippen LogP contribution >= 0.6 is 0 Å². The summed E-state index contributed by atoms with van der Waals surface area (Å²) in [5, 5.41) is 2.74. The highest BCUT2D eigenvalue weighted by Crippen LogP contribution is 2.27. The number of halogens is 3. The maximum absolute atomic E-state index is 12.8. The van der Waals surface area contributed by atoms with E-state index < -0.39 is 34.9 Å². The van der Waals surface area contributed by atoms with E-state index >= 15 is 0 Å². The zero-order valence-corrected chi connectivity index (χ0v) is 16.2. The fourth-order valence-corrected chi connectivity index (χ4v) is 2.97. The average Bonchev–Trinajstić information content (AvgIpc) is 2.72. The van der Waals surface area contributed by atoms with E-state index in [0.717, 1.165) is 17.2 Å². The highest BCUT2D eigenvalue weighted by Gasteiger charge is 2.32. The lowest BCUT2D eigenvalue weighted by molar-refractivity contribution is -0.141. The van der Waals surface area contributed by atoms with E-state index in [1.807, 2.05) is 31.2 Å². The second-order valence-electron chi connectivity index (χ2n) is 6.71. The molecule has 3 aromatic rings. The summed E-state index contributed by atoms with van der Waals surface area (Å²) < 4.78 is 43.6. The van der Waals surface area contributed by atoms with Crippen molar-refractivity contribution < 1.29 is 22.7 Å². The molecule has 0 aliphatic rings. The number of nitrogens with one attached hydrogen (secondary N) is 2. The number of ether oxygens (including phenoxy) is 1. The number of alkyl halides is 3. The molecule has 1 heterocycles. The summed E-state index contributed by atoms with van der Waals surface area (Å²) in [7, 11) is 1.51. The monoisotopic (exact) mass is 416 g/mol. The van der Waals surface area contributed by atoms with Crippen LogP contribution in [-0.2, 0) is 6.18 Å². The number of methoxy groups -OCH3 is 1. The smallest absolute Gasteiger partial charge is 0.431 e. The number of H-pyrrole nitrogens is 1. The van der Waals surface area contributed by atoms with E-state index in [9.17, 15) is 22.8 Å². The molecule has 0 bridgehead atoms. The van der Waals surface area contributed by atoms with Gasteiger partial charge in [-0.05, 0) is 42.3 Å². The van der Waals surface area contributed by atoms with Gasteiger partial charge in [-0.15, -0.1) is 0 Å². The van der Waals surface area contributed by atoms with Crippen LogP contribution in [0.5, 0.6) is 5.75 Å². The zero-order chi connectivity index (χ0) is 21.9. The molecule has 0 fully saturated rings. The second-order valence-corrected chi connectivity index (χ2v) is 6.71. The Labute approximate surface area is 170 Å². The number of hydrogen-bond acceptors (Lipinski definition) is 3. The summed E-state index contributed by atoms with van der Waals surface area (Å²) in [4.78, 5) is 26.6. The van der Waals surface area contributed by atoms with Gasteiger partial charge in [-0.1, -0.05) is 42.0 Å². The lowest BCUT2D eigenvalue weighted by Crippen LogP contribution is -2.34. The van der Waals surface area contributed by atoms with Crippen LogP contribution in [0.25, 0.3) is 0 Å². The molecule has 1 aromatic heterocycles. The number of carbonyl (C=O) groups excluding carboxylic acids is 1. The minimum absolute atomic E-state index is 0.414. The minimum Gasteiger partial charge on any atom is -0.497 e. The normalized spacial score (nSPS) is 12.3. The van der Waals surface area contributed by atoms with Crippen LogP contribution in [0, 0.1) is 6.92 Å². The van der Waals surface area contributed by atoms with Gasteiger partial charge in [0.05, 0.1) is 13.2 Å². The maximum atomic E-state index is 12.8. The van der Waals surface area contributed by atoms with Gasteiger partial charge in [-0.25, -0.2) is 0 Å². The highest BCUT2D eigenvalue weighted by atomic mass is 19.4. The Hall–Kier alpha value is -3.55. The van der Waals surface area contributed by atoms with Crippen LogP contribution in [-0.4, -0.2) is 18.0 Å². The SMILES string of the molecule is COc1cccc(C(NC(=O)c2ccc(C(F)(F)F)[nH]c2=O)c2ccc(C)cc2)c1. The third-order valence-corrected chi connectivity index (χ3v) is 4.57. The van der Waals surface area contributed by atoms with Gasteiger partial charge in [0.25, 0.3) is 11.5 Å². The van der Waals surface area contributed by atoms with Crippen molar-refractivity contribution in [1.29, 1.82) is 0 Å². The lowest BCUT2D eigenvalue weighted by Gasteiger charge is -2.21. The molecule has 0 aliphatic carbocycles. The summed E-state index contributed by atoms with van der Waals surface area (Å²) >= 11 is 0. The van der Waals surface area contributed by atoms with Gasteiger partial charge >= 0.3 is 6.18 Å². The fourth-order valence-electron chi connectivity index (χ4n) is 2.97. The van der Waals surface area contributed by atoms with Crippen molar-refractivity contribution in [1.82, 2.24) is 10.3 Å². The molecule has 2 aromatic carbocycles. The Morgan fingerprint density at radius 3 is 2.33 bits per heavy atom. The van der Waals surface area contributed by atoms with Gasteiger partial charge in [0.1, 0.15) is 17.0 Å². The molecule has 3 rings (SSSR count). The Bertz CT molecular complexity index is 1110. The molecule has 5 nitrogen and oxygen atoms in total. The molecule has 8 heteroatoms. The third kappa shape index (κ3) is 4.71. The maximum Gasteiger partial charge on any atom is 0.431 e. The standard InChI is InChI=1S/C22H19F3N2O3/c1-13-6-8-14(9-7-13)19(15-4-3-5-16(12-15)30-2)27-21(29)17-10-11-18(22(23,24)25)26-20(17)28/h3-12,19H,1-2H3,(H,26,28)(H,27,29). The van der Waals surface area contributed by atoms with Crippen molar-refractivity contribution >= 4 is 5.91 Å². The number of rotatable bonds is 5. The van der Waals surface area contributed by atoms with Crippen molar-refractivity contribution in [3.63, 3.8) is 0 Å². The molecule has 0 radical (unpaired) electrons. The van der Waals surface area contributed by atoms with E-state index in [0.29, 0.717) is 17.4 Å². The van der Waals surface area contributed by atoms with E-state index in [4.69, 9.17) is 4.74 Å². The molecule has 0 saturated heterocycles. The predicted molar refractivity (Wildman–Crippen MR) is 106 cm³/mol. The number of pyridine rings is 1. The molecule has 0 saturated carbocycles. The van der Waals surface area contributed by atoms with Gasteiger partial charge in [0, 0.05) is 0 Å². The van der Waals surface area contributed by atoms with E-state index in [1.165, 1.54) is 7.11 Å². The van der Waals surface area contributed by atoms with Crippen molar-refractivity contribution in [3.8, 4) is 5.75 Å². The first-order valence-electron chi connectivity index (χ1n) is 9.01. The molecule has 1 unspecified atom stereocenters. The zero-order valence-electron chi connectivity index (χ0n) is 16.2. The Morgan fingerprint density at radius 1 is 1.03 bits per heavy atom.